The molecule has 2 aromatic rings. The second kappa shape index (κ2) is 7.42. The van der Waals surface area contributed by atoms with Crippen LogP contribution in [0.3, 0.4) is 0 Å². The van der Waals surface area contributed by atoms with Crippen LogP contribution in [-0.4, -0.2) is 12.1 Å². The van der Waals surface area contributed by atoms with E-state index in [1.165, 1.54) is 0 Å². The monoisotopic (exact) mass is 372 g/mol. The van der Waals surface area contributed by atoms with E-state index in [1.807, 2.05) is 13.8 Å². The number of carboxylic acids is 1. The van der Waals surface area contributed by atoms with Crippen LogP contribution in [0.2, 0.25) is 0 Å². The van der Waals surface area contributed by atoms with Crippen molar-refractivity contribution >= 4 is 26.5 Å². The zero-order chi connectivity index (χ0) is 18.7. The third-order valence-electron chi connectivity index (χ3n) is 2.79. The third kappa shape index (κ3) is 5.40. The van der Waals surface area contributed by atoms with Gasteiger partial charge in [-0.3, -0.25) is 0 Å². The molecule has 1 atom stereocenters. The number of fused-ring (bicyclic) bond motifs is 1. The molecule has 0 aliphatic rings. The largest absolute Gasteiger partial charge is 0.600 e. The maximum atomic E-state index is 13.1. The number of carboxylic acid groups (broad SMARTS) is 1. The van der Waals surface area contributed by atoms with E-state index in [0.29, 0.717) is 16.0 Å². The van der Waals surface area contributed by atoms with Gasteiger partial charge in [0, 0.05) is 17.9 Å². The predicted octanol–water partition coefficient (Wildman–Crippen LogP) is 4.56. The number of halogens is 6. The minimum absolute atomic E-state index is 0.243. The predicted molar refractivity (Wildman–Crippen MR) is 77.3 cm³/mol. The first-order valence-electron chi connectivity index (χ1n) is 6.73. The van der Waals surface area contributed by atoms with Gasteiger partial charge in [-0.25, -0.2) is 0 Å². The quantitative estimate of drug-likeness (QED) is 0.573. The van der Waals surface area contributed by atoms with E-state index in [1.54, 1.807) is 30.3 Å². The molecule has 1 aromatic heterocycles. The van der Waals surface area contributed by atoms with Gasteiger partial charge in [0.2, 0.25) is 0 Å². The molecular formula is C15H14F6O2S. The molecule has 134 valence electrons. The van der Waals surface area contributed by atoms with Crippen LogP contribution in [0, 0.1) is 5.92 Å². The molecule has 0 amide bonds. The maximum absolute atomic E-state index is 13.1. The summed E-state index contributed by atoms with van der Waals surface area (Å²) in [7, 11) is -1.72. The lowest BCUT2D eigenvalue weighted by Gasteiger charge is -2.03. The van der Waals surface area contributed by atoms with Gasteiger partial charge < -0.3 is 9.90 Å². The van der Waals surface area contributed by atoms with Crippen molar-refractivity contribution in [1.82, 2.24) is 0 Å². The zero-order valence-corrected chi connectivity index (χ0v) is 13.5. The Morgan fingerprint density at radius 1 is 1.12 bits per heavy atom. The highest BCUT2D eigenvalue weighted by atomic mass is 32.2. The standard InChI is InChI=1S/C13H14F3S.C2HF3O2/c1-9(2)7-11-8-10-5-3-4-6-12(10)17(11)13(14,15)16;3-2(4,5)1(6)7/h3-6,8-9H,7H2,1-2H3;(H,6,7)/q+1;/p-1. The summed E-state index contributed by atoms with van der Waals surface area (Å²) in [5.41, 5.74) is -4.16. The number of carbonyl (C=O) groups is 1. The highest BCUT2D eigenvalue weighted by molar-refractivity contribution is 7.38. The van der Waals surface area contributed by atoms with Crippen LogP contribution >= 0.6 is 10.5 Å². The van der Waals surface area contributed by atoms with E-state index in [2.05, 4.69) is 0 Å². The van der Waals surface area contributed by atoms with Gasteiger partial charge in [-0.1, -0.05) is 26.0 Å². The minimum Gasteiger partial charge on any atom is -0.542 e. The number of hydrogen-bond donors (Lipinski definition) is 0. The Morgan fingerprint density at radius 2 is 1.62 bits per heavy atom. The summed E-state index contributed by atoms with van der Waals surface area (Å²) in [6, 6.07) is 8.53. The Kier molecular flexibility index (Phi) is 6.26. The van der Waals surface area contributed by atoms with Gasteiger partial charge >= 0.3 is 11.7 Å². The van der Waals surface area contributed by atoms with E-state index >= 15 is 0 Å². The first-order chi connectivity index (χ1) is 10.8. The van der Waals surface area contributed by atoms with Crippen molar-refractivity contribution < 1.29 is 36.2 Å². The summed E-state index contributed by atoms with van der Waals surface area (Å²) >= 11 is 0. The van der Waals surface area contributed by atoms with Crippen molar-refractivity contribution in [2.75, 3.05) is 0 Å². The summed E-state index contributed by atoms with van der Waals surface area (Å²) in [4.78, 5) is 9.31. The number of alkyl halides is 6. The summed E-state index contributed by atoms with van der Waals surface area (Å²) < 4.78 is 71.3. The fourth-order valence-electron chi connectivity index (χ4n) is 1.98. The lowest BCUT2D eigenvalue weighted by molar-refractivity contribution is -0.344. The Morgan fingerprint density at radius 3 is 2.04 bits per heavy atom. The van der Waals surface area contributed by atoms with Gasteiger partial charge in [0.25, 0.3) is 0 Å². The van der Waals surface area contributed by atoms with Gasteiger partial charge in [0.15, 0.2) is 9.58 Å². The van der Waals surface area contributed by atoms with Gasteiger partial charge in [-0.15, -0.1) is 13.2 Å². The molecule has 0 aliphatic heterocycles. The number of hydrogen-bond acceptors (Lipinski definition) is 2. The van der Waals surface area contributed by atoms with Crippen molar-refractivity contribution in [3.05, 3.63) is 35.2 Å². The van der Waals surface area contributed by atoms with Crippen molar-refractivity contribution in [1.29, 1.82) is 0 Å². The summed E-state index contributed by atoms with van der Waals surface area (Å²) in [6.45, 7) is 3.89. The average Bonchev–Trinajstić information content (AvgIpc) is 2.74. The number of aliphatic carboxylic acids is 1. The molecule has 1 aromatic carbocycles. The lowest BCUT2D eigenvalue weighted by Crippen LogP contribution is -2.37. The lowest BCUT2D eigenvalue weighted by atomic mass is 10.1. The van der Waals surface area contributed by atoms with E-state index in [4.69, 9.17) is 9.90 Å². The number of rotatable bonds is 2. The fraction of sp³-hybridized carbons (Fsp3) is 0.400. The van der Waals surface area contributed by atoms with Crippen LogP contribution in [0.15, 0.2) is 30.3 Å². The van der Waals surface area contributed by atoms with E-state index in [0.717, 1.165) is 5.39 Å². The zero-order valence-electron chi connectivity index (χ0n) is 12.7. The Bertz CT molecular complexity index is 700. The molecule has 0 radical (unpaired) electrons. The van der Waals surface area contributed by atoms with E-state index in [9.17, 15) is 26.3 Å². The molecule has 0 bridgehead atoms. The third-order valence-corrected chi connectivity index (χ3v) is 4.87. The number of benzene rings is 1. The van der Waals surface area contributed by atoms with E-state index in [-0.39, 0.29) is 5.92 Å². The normalized spacial score (nSPS) is 13.0. The van der Waals surface area contributed by atoms with Gasteiger partial charge in [-0.05, 0) is 18.1 Å². The molecule has 2 rings (SSSR count). The van der Waals surface area contributed by atoms with Crippen molar-refractivity contribution in [3.63, 3.8) is 0 Å². The summed E-state index contributed by atoms with van der Waals surface area (Å²) in [5, 5.41) is 9.51. The van der Waals surface area contributed by atoms with Gasteiger partial charge in [0.05, 0.1) is 10.5 Å². The second-order valence-electron chi connectivity index (χ2n) is 5.28. The Labute approximate surface area is 136 Å². The summed E-state index contributed by atoms with van der Waals surface area (Å²) in [5.74, 6) is -2.76. The van der Waals surface area contributed by atoms with Crippen LogP contribution in [-0.2, 0) is 16.7 Å². The molecule has 0 spiro atoms. The fourth-order valence-corrected chi connectivity index (χ4v) is 4.13. The molecule has 24 heavy (non-hydrogen) atoms. The van der Waals surface area contributed by atoms with Crippen molar-refractivity contribution in [2.24, 2.45) is 5.92 Å². The molecule has 1 unspecified atom stereocenters. The molecule has 0 saturated carbocycles. The van der Waals surface area contributed by atoms with Gasteiger partial charge in [0.1, 0.15) is 5.97 Å². The highest BCUT2D eigenvalue weighted by Crippen LogP contribution is 2.51. The number of carbonyl (C=O) groups excluding carboxylic acids is 1. The molecule has 0 N–H and O–H groups in total. The smallest absolute Gasteiger partial charge is 0.542 e. The van der Waals surface area contributed by atoms with Crippen LogP contribution in [0.1, 0.15) is 18.7 Å². The molecule has 9 heteroatoms. The Hall–Kier alpha value is -1.77. The highest BCUT2D eigenvalue weighted by Gasteiger charge is 2.47. The van der Waals surface area contributed by atoms with Crippen LogP contribution in [0.5, 0.6) is 0 Å². The molecule has 1 heterocycles. The summed E-state index contributed by atoms with van der Waals surface area (Å²) in [6.07, 6.45) is -4.68. The molecule has 0 aliphatic carbocycles. The van der Waals surface area contributed by atoms with Crippen molar-refractivity contribution in [2.45, 2.75) is 32.0 Å². The topological polar surface area (TPSA) is 40.1 Å². The molecular weight excluding hydrogens is 358 g/mol. The van der Waals surface area contributed by atoms with Crippen LogP contribution in [0.4, 0.5) is 26.3 Å². The maximum Gasteiger partial charge on any atom is 0.600 e. The first-order valence-corrected chi connectivity index (χ1v) is 7.95. The average molecular weight is 372 g/mol. The molecule has 2 nitrogen and oxygen atoms in total. The SMILES string of the molecule is CC(C)Cc1cc2ccccc2[s+]1C(F)(F)F.O=C([O-])C(F)(F)F. The van der Waals surface area contributed by atoms with Crippen LogP contribution in [0.25, 0.3) is 10.1 Å². The minimum atomic E-state index is -5.19. The second-order valence-corrected chi connectivity index (χ2v) is 7.32. The molecule has 0 saturated heterocycles. The van der Waals surface area contributed by atoms with E-state index < -0.39 is 28.1 Å². The first kappa shape index (κ1) is 20.3. The Balaban J connectivity index is 0.000000351. The number of thiophene rings is 1. The van der Waals surface area contributed by atoms with Gasteiger partial charge in [-0.2, -0.15) is 13.2 Å². The molecule has 0 fully saturated rings. The van der Waals surface area contributed by atoms with Crippen molar-refractivity contribution in [3.8, 4) is 0 Å². The van der Waals surface area contributed by atoms with Crippen LogP contribution < -0.4 is 5.11 Å².